The molecule has 2 rings (SSSR count). The fraction of sp³-hybridized carbons (Fsp3) is 0.467. The highest BCUT2D eigenvalue weighted by molar-refractivity contribution is 6.30. The van der Waals surface area contributed by atoms with Crippen molar-refractivity contribution in [1.82, 2.24) is 10.2 Å². The van der Waals surface area contributed by atoms with E-state index in [0.29, 0.717) is 17.1 Å². The van der Waals surface area contributed by atoms with Crippen molar-refractivity contribution in [3.8, 4) is 0 Å². The molecule has 6 heteroatoms. The van der Waals surface area contributed by atoms with Gasteiger partial charge in [-0.25, -0.2) is 0 Å². The summed E-state index contributed by atoms with van der Waals surface area (Å²) in [5, 5.41) is 12.5. The molecule has 114 valence electrons. The minimum atomic E-state index is -0.308. The number of amides is 2. The van der Waals surface area contributed by atoms with Gasteiger partial charge < -0.3 is 15.3 Å². The van der Waals surface area contributed by atoms with Gasteiger partial charge in [0.25, 0.3) is 5.91 Å². The molecule has 1 aromatic rings. The third-order valence-electron chi connectivity index (χ3n) is 3.66. The van der Waals surface area contributed by atoms with Gasteiger partial charge in [0, 0.05) is 17.1 Å². The molecular weight excluding hydrogens is 292 g/mol. The molecule has 1 heterocycles. The molecular formula is C15H19ClN2O3. The van der Waals surface area contributed by atoms with Crippen LogP contribution in [0, 0.1) is 0 Å². The zero-order chi connectivity index (χ0) is 15.2. The number of benzene rings is 1. The van der Waals surface area contributed by atoms with E-state index in [-0.39, 0.29) is 31.0 Å². The Hall–Kier alpha value is -1.59. The predicted octanol–water partition coefficient (Wildman–Crippen LogP) is 1.44. The molecule has 1 unspecified atom stereocenters. The molecule has 1 aliphatic heterocycles. The predicted molar refractivity (Wildman–Crippen MR) is 80.2 cm³/mol. The second-order valence-corrected chi connectivity index (χ2v) is 5.55. The van der Waals surface area contributed by atoms with Crippen molar-refractivity contribution in [3.63, 3.8) is 0 Å². The smallest absolute Gasteiger partial charge is 0.251 e. The highest BCUT2D eigenvalue weighted by atomic mass is 35.5. The van der Waals surface area contributed by atoms with Crippen LogP contribution in [0.3, 0.4) is 0 Å². The van der Waals surface area contributed by atoms with Crippen LogP contribution < -0.4 is 5.32 Å². The number of hydrogen-bond acceptors (Lipinski definition) is 3. The second-order valence-electron chi connectivity index (χ2n) is 5.11. The first-order valence-corrected chi connectivity index (χ1v) is 7.43. The number of hydrogen-bond donors (Lipinski definition) is 2. The average Bonchev–Trinajstić information content (AvgIpc) is 2.52. The van der Waals surface area contributed by atoms with Crippen molar-refractivity contribution >= 4 is 23.4 Å². The number of nitrogens with zero attached hydrogens (tertiary/aromatic N) is 1. The number of rotatable bonds is 4. The maximum Gasteiger partial charge on any atom is 0.251 e. The molecule has 0 spiro atoms. The van der Waals surface area contributed by atoms with Crippen LogP contribution >= 0.6 is 11.6 Å². The minimum absolute atomic E-state index is 0.0309. The van der Waals surface area contributed by atoms with Crippen molar-refractivity contribution < 1.29 is 14.7 Å². The quantitative estimate of drug-likeness (QED) is 0.884. The number of piperidine rings is 1. The van der Waals surface area contributed by atoms with Crippen molar-refractivity contribution in [1.29, 1.82) is 0 Å². The summed E-state index contributed by atoms with van der Waals surface area (Å²) in [5.74, 6) is -0.464. The molecule has 0 bridgehead atoms. The van der Waals surface area contributed by atoms with Gasteiger partial charge in [-0.3, -0.25) is 9.59 Å². The Balaban J connectivity index is 1.88. The van der Waals surface area contributed by atoms with Crippen LogP contribution in [0.1, 0.15) is 29.6 Å². The van der Waals surface area contributed by atoms with Gasteiger partial charge in [0.05, 0.1) is 19.2 Å². The number of aliphatic hydroxyl groups excluding tert-OH is 1. The molecule has 1 aromatic carbocycles. The Morgan fingerprint density at radius 3 is 2.67 bits per heavy atom. The zero-order valence-electron chi connectivity index (χ0n) is 11.7. The lowest BCUT2D eigenvalue weighted by molar-refractivity contribution is -0.134. The van der Waals surface area contributed by atoms with E-state index in [1.54, 1.807) is 29.2 Å². The monoisotopic (exact) mass is 310 g/mol. The molecule has 1 saturated heterocycles. The standard InChI is InChI=1S/C15H19ClN2O3/c16-12-6-4-11(5-7-12)15(21)17-9-14(20)18-8-2-1-3-13(18)10-19/h4-7,13,19H,1-3,8-10H2,(H,17,21). The van der Waals surface area contributed by atoms with E-state index in [4.69, 9.17) is 11.6 Å². The Bertz CT molecular complexity index is 504. The SMILES string of the molecule is O=C(NCC(=O)N1CCCCC1CO)c1ccc(Cl)cc1. The van der Waals surface area contributed by atoms with Gasteiger partial charge in [-0.05, 0) is 43.5 Å². The van der Waals surface area contributed by atoms with Gasteiger partial charge in [-0.1, -0.05) is 11.6 Å². The topological polar surface area (TPSA) is 69.6 Å². The highest BCUT2D eigenvalue weighted by Crippen LogP contribution is 2.16. The molecule has 21 heavy (non-hydrogen) atoms. The fourth-order valence-electron chi connectivity index (χ4n) is 2.48. The summed E-state index contributed by atoms with van der Waals surface area (Å²) >= 11 is 5.76. The first-order valence-electron chi connectivity index (χ1n) is 7.06. The zero-order valence-corrected chi connectivity index (χ0v) is 12.5. The van der Waals surface area contributed by atoms with E-state index in [1.807, 2.05) is 0 Å². The van der Waals surface area contributed by atoms with Crippen molar-refractivity contribution in [3.05, 3.63) is 34.9 Å². The van der Waals surface area contributed by atoms with Gasteiger partial charge in [-0.15, -0.1) is 0 Å². The lowest BCUT2D eigenvalue weighted by Crippen LogP contribution is -2.49. The van der Waals surface area contributed by atoms with Crippen LogP contribution in [0.4, 0.5) is 0 Å². The Morgan fingerprint density at radius 2 is 2.00 bits per heavy atom. The number of aliphatic hydroxyl groups is 1. The van der Waals surface area contributed by atoms with Gasteiger partial charge in [0.1, 0.15) is 0 Å². The van der Waals surface area contributed by atoms with E-state index in [2.05, 4.69) is 5.32 Å². The van der Waals surface area contributed by atoms with Gasteiger partial charge >= 0.3 is 0 Å². The summed E-state index contributed by atoms with van der Waals surface area (Å²) in [4.78, 5) is 25.7. The third-order valence-corrected chi connectivity index (χ3v) is 3.92. The summed E-state index contributed by atoms with van der Waals surface area (Å²) < 4.78 is 0. The largest absolute Gasteiger partial charge is 0.394 e. The Morgan fingerprint density at radius 1 is 1.29 bits per heavy atom. The van der Waals surface area contributed by atoms with E-state index < -0.39 is 0 Å². The first-order chi connectivity index (χ1) is 10.1. The lowest BCUT2D eigenvalue weighted by Gasteiger charge is -2.34. The fourth-order valence-corrected chi connectivity index (χ4v) is 2.61. The summed E-state index contributed by atoms with van der Waals surface area (Å²) in [6.45, 7) is 0.551. The molecule has 1 fully saturated rings. The first kappa shape index (κ1) is 15.8. The molecule has 0 radical (unpaired) electrons. The maximum atomic E-state index is 12.1. The summed E-state index contributed by atoms with van der Waals surface area (Å²) in [6.07, 6.45) is 2.77. The average molecular weight is 311 g/mol. The lowest BCUT2D eigenvalue weighted by atomic mass is 10.0. The van der Waals surface area contributed by atoms with Crippen molar-refractivity contribution in [2.24, 2.45) is 0 Å². The Labute approximate surface area is 128 Å². The molecule has 2 N–H and O–H groups in total. The molecule has 5 nitrogen and oxygen atoms in total. The molecule has 0 aromatic heterocycles. The Kier molecular flexibility index (Phi) is 5.59. The minimum Gasteiger partial charge on any atom is -0.394 e. The summed E-state index contributed by atoms with van der Waals surface area (Å²) in [5.41, 5.74) is 0.463. The molecule has 2 amide bonds. The van der Waals surface area contributed by atoms with Crippen LogP contribution in [-0.4, -0.2) is 47.6 Å². The van der Waals surface area contributed by atoms with Crippen molar-refractivity contribution in [2.45, 2.75) is 25.3 Å². The summed E-state index contributed by atoms with van der Waals surface area (Å²) in [6, 6.07) is 6.35. The normalized spacial score (nSPS) is 18.4. The van der Waals surface area contributed by atoms with Crippen molar-refractivity contribution in [2.75, 3.05) is 19.7 Å². The molecule has 0 aliphatic carbocycles. The van der Waals surface area contributed by atoms with E-state index in [9.17, 15) is 14.7 Å². The van der Waals surface area contributed by atoms with Crippen LogP contribution in [0.5, 0.6) is 0 Å². The van der Waals surface area contributed by atoms with Gasteiger partial charge in [0.15, 0.2) is 0 Å². The van der Waals surface area contributed by atoms with Gasteiger partial charge in [0.2, 0.25) is 5.91 Å². The second kappa shape index (κ2) is 7.43. The van der Waals surface area contributed by atoms with E-state index in [0.717, 1.165) is 19.3 Å². The number of carbonyl (C=O) groups excluding carboxylic acids is 2. The van der Waals surface area contributed by atoms with Crippen LogP contribution in [0.2, 0.25) is 5.02 Å². The summed E-state index contributed by atoms with van der Waals surface area (Å²) in [7, 11) is 0. The van der Waals surface area contributed by atoms with E-state index in [1.165, 1.54) is 0 Å². The maximum absolute atomic E-state index is 12.1. The number of nitrogens with one attached hydrogen (secondary N) is 1. The molecule has 1 aliphatic rings. The van der Waals surface area contributed by atoms with Crippen LogP contribution in [-0.2, 0) is 4.79 Å². The number of halogens is 1. The number of carbonyl (C=O) groups is 2. The van der Waals surface area contributed by atoms with Gasteiger partial charge in [-0.2, -0.15) is 0 Å². The molecule has 1 atom stereocenters. The highest BCUT2D eigenvalue weighted by Gasteiger charge is 2.25. The van der Waals surface area contributed by atoms with Crippen LogP contribution in [0.25, 0.3) is 0 Å². The third kappa shape index (κ3) is 4.19. The number of likely N-dealkylation sites (tertiary alicyclic amines) is 1. The molecule has 0 saturated carbocycles. The van der Waals surface area contributed by atoms with Crippen LogP contribution in [0.15, 0.2) is 24.3 Å². The van der Waals surface area contributed by atoms with E-state index >= 15 is 0 Å².